The molecule has 2 heterocycles. The second-order valence-corrected chi connectivity index (χ2v) is 9.31. The molecule has 1 aromatic heterocycles. The van der Waals surface area contributed by atoms with Crippen LogP contribution < -0.4 is 9.62 Å². The molecule has 3 N–H and O–H groups in total. The standard InChI is InChI=1S/C19H23N3O5S.C2HF3O2/c1-13(2)14-3-5-16(6-4-14)28(25,26)21-15-11-17(19(23)24)18(20-12-15)22-7-9-27-10-8-22;3-2(4,5)1(6)7/h3-6,11-13,21H,7-10H2,1-2H3,(H,23,24);(H,6,7). The van der Waals surface area contributed by atoms with Gasteiger partial charge in [-0.05, 0) is 29.7 Å². The zero-order chi connectivity index (χ0) is 26.4. The second-order valence-electron chi connectivity index (χ2n) is 7.63. The van der Waals surface area contributed by atoms with Crippen molar-refractivity contribution in [2.24, 2.45) is 0 Å². The van der Waals surface area contributed by atoms with Crippen LogP contribution in [-0.2, 0) is 19.6 Å². The number of carbonyl (C=O) groups is 2. The van der Waals surface area contributed by atoms with Gasteiger partial charge in [-0.3, -0.25) is 4.72 Å². The van der Waals surface area contributed by atoms with Crippen LogP contribution in [-0.4, -0.2) is 68.0 Å². The molecule has 0 atom stereocenters. The number of alkyl halides is 3. The molecule has 35 heavy (non-hydrogen) atoms. The number of aromatic carboxylic acids is 1. The fraction of sp³-hybridized carbons (Fsp3) is 0.381. The number of rotatable bonds is 6. The van der Waals surface area contributed by atoms with Crippen molar-refractivity contribution in [3.8, 4) is 0 Å². The summed E-state index contributed by atoms with van der Waals surface area (Å²) in [5.74, 6) is -3.33. The smallest absolute Gasteiger partial charge is 0.478 e. The first-order valence-corrected chi connectivity index (χ1v) is 11.7. The van der Waals surface area contributed by atoms with Gasteiger partial charge >= 0.3 is 18.1 Å². The maximum atomic E-state index is 12.6. The molecule has 0 spiro atoms. The molecule has 1 saturated heterocycles. The van der Waals surface area contributed by atoms with E-state index >= 15 is 0 Å². The fourth-order valence-electron chi connectivity index (χ4n) is 2.94. The van der Waals surface area contributed by atoms with Crippen molar-refractivity contribution in [3.05, 3.63) is 47.7 Å². The summed E-state index contributed by atoms with van der Waals surface area (Å²) in [7, 11) is -3.85. The van der Waals surface area contributed by atoms with Crippen LogP contribution in [0.25, 0.3) is 0 Å². The molecular weight excluding hydrogens is 495 g/mol. The first-order valence-electron chi connectivity index (χ1n) is 10.2. The molecular formula is C21H24F3N3O7S. The van der Waals surface area contributed by atoms with Gasteiger partial charge in [0.05, 0.1) is 30.0 Å². The average molecular weight is 519 g/mol. The second kappa shape index (κ2) is 11.4. The molecule has 192 valence electrons. The topological polar surface area (TPSA) is 146 Å². The molecule has 0 bridgehead atoms. The molecule has 1 aliphatic rings. The summed E-state index contributed by atoms with van der Waals surface area (Å²) in [6, 6.07) is 7.89. The van der Waals surface area contributed by atoms with Crippen molar-refractivity contribution >= 4 is 33.5 Å². The van der Waals surface area contributed by atoms with Gasteiger partial charge in [-0.2, -0.15) is 13.2 Å². The molecule has 10 nitrogen and oxygen atoms in total. The largest absolute Gasteiger partial charge is 0.490 e. The SMILES string of the molecule is CC(C)c1ccc(S(=O)(=O)Nc2cnc(N3CCOCC3)c(C(=O)O)c2)cc1.O=C(O)C(F)(F)F. The van der Waals surface area contributed by atoms with Crippen LogP contribution in [0, 0.1) is 0 Å². The number of carboxylic acid groups (broad SMARTS) is 2. The minimum absolute atomic E-state index is 0.0581. The highest BCUT2D eigenvalue weighted by molar-refractivity contribution is 7.92. The highest BCUT2D eigenvalue weighted by Crippen LogP contribution is 2.25. The van der Waals surface area contributed by atoms with Gasteiger partial charge in [0.1, 0.15) is 11.4 Å². The van der Waals surface area contributed by atoms with Crippen LogP contribution in [0.3, 0.4) is 0 Å². The zero-order valence-corrected chi connectivity index (χ0v) is 19.6. The molecule has 0 radical (unpaired) electrons. The minimum atomic E-state index is -5.08. The number of sulfonamides is 1. The molecule has 1 aliphatic heterocycles. The van der Waals surface area contributed by atoms with Gasteiger partial charge in [0.25, 0.3) is 10.0 Å². The number of hydrogen-bond acceptors (Lipinski definition) is 7. The van der Waals surface area contributed by atoms with Crippen LogP contribution in [0.1, 0.15) is 35.7 Å². The van der Waals surface area contributed by atoms with Gasteiger partial charge < -0.3 is 19.8 Å². The monoisotopic (exact) mass is 519 g/mol. The van der Waals surface area contributed by atoms with Gasteiger partial charge in [-0.1, -0.05) is 26.0 Å². The Labute approximate surface area is 199 Å². The quantitative estimate of drug-likeness (QED) is 0.524. The summed E-state index contributed by atoms with van der Waals surface area (Å²) < 4.78 is 64.7. The predicted octanol–water partition coefficient (Wildman–Crippen LogP) is 3.17. The van der Waals surface area contributed by atoms with E-state index in [9.17, 15) is 31.5 Å². The number of morpholine rings is 1. The molecule has 3 rings (SSSR count). The highest BCUT2D eigenvalue weighted by Gasteiger charge is 2.38. The lowest BCUT2D eigenvalue weighted by Gasteiger charge is -2.28. The number of anilines is 2. The maximum absolute atomic E-state index is 12.6. The van der Waals surface area contributed by atoms with Crippen molar-refractivity contribution < 1.29 is 46.1 Å². The normalized spacial score (nSPS) is 14.2. The first kappa shape index (κ1) is 27.9. The van der Waals surface area contributed by atoms with E-state index in [1.165, 1.54) is 24.4 Å². The molecule has 0 aliphatic carbocycles. The molecule has 0 saturated carbocycles. The van der Waals surface area contributed by atoms with Crippen molar-refractivity contribution in [1.29, 1.82) is 0 Å². The van der Waals surface area contributed by atoms with Crippen LogP contribution in [0.4, 0.5) is 24.7 Å². The lowest BCUT2D eigenvalue weighted by Crippen LogP contribution is -2.37. The first-order chi connectivity index (χ1) is 16.2. The highest BCUT2D eigenvalue weighted by atomic mass is 32.2. The number of hydrogen-bond donors (Lipinski definition) is 3. The Kier molecular flexibility index (Phi) is 9.04. The summed E-state index contributed by atoms with van der Waals surface area (Å²) >= 11 is 0. The zero-order valence-electron chi connectivity index (χ0n) is 18.7. The fourth-order valence-corrected chi connectivity index (χ4v) is 3.98. The molecule has 0 unspecified atom stereocenters. The maximum Gasteiger partial charge on any atom is 0.490 e. The van der Waals surface area contributed by atoms with E-state index in [1.54, 1.807) is 12.1 Å². The number of ether oxygens (including phenoxy) is 1. The number of nitrogens with one attached hydrogen (secondary N) is 1. The summed E-state index contributed by atoms with van der Waals surface area (Å²) in [5.41, 5.74) is 1.07. The summed E-state index contributed by atoms with van der Waals surface area (Å²) in [6.07, 6.45) is -3.75. The number of nitrogens with zero attached hydrogens (tertiary/aromatic N) is 2. The van der Waals surface area contributed by atoms with Crippen LogP contribution >= 0.6 is 0 Å². The predicted molar refractivity (Wildman–Crippen MR) is 119 cm³/mol. The van der Waals surface area contributed by atoms with Crippen molar-refractivity contribution in [3.63, 3.8) is 0 Å². The molecule has 14 heteroatoms. The minimum Gasteiger partial charge on any atom is -0.478 e. The Morgan fingerprint density at radius 1 is 1.11 bits per heavy atom. The Morgan fingerprint density at radius 3 is 2.11 bits per heavy atom. The third-order valence-electron chi connectivity index (χ3n) is 4.76. The van der Waals surface area contributed by atoms with Gasteiger partial charge in [0.2, 0.25) is 0 Å². The van der Waals surface area contributed by atoms with Crippen molar-refractivity contribution in [2.45, 2.75) is 30.8 Å². The van der Waals surface area contributed by atoms with Crippen LogP contribution in [0.15, 0.2) is 41.4 Å². The van der Waals surface area contributed by atoms with E-state index in [-0.39, 0.29) is 16.1 Å². The lowest BCUT2D eigenvalue weighted by atomic mass is 10.0. The average Bonchev–Trinajstić information content (AvgIpc) is 2.79. The summed E-state index contributed by atoms with van der Waals surface area (Å²) in [5, 5.41) is 16.7. The number of benzene rings is 1. The lowest BCUT2D eigenvalue weighted by molar-refractivity contribution is -0.192. The molecule has 2 aromatic rings. The number of aromatic nitrogens is 1. The number of aliphatic carboxylic acids is 1. The summed E-state index contributed by atoms with van der Waals surface area (Å²) in [6.45, 7) is 6.08. The number of pyridine rings is 1. The van der Waals surface area contributed by atoms with E-state index in [0.717, 1.165) is 5.56 Å². The van der Waals surface area contributed by atoms with E-state index in [2.05, 4.69) is 9.71 Å². The van der Waals surface area contributed by atoms with E-state index in [4.69, 9.17) is 14.6 Å². The number of carboxylic acids is 2. The third-order valence-corrected chi connectivity index (χ3v) is 6.16. The van der Waals surface area contributed by atoms with Gasteiger partial charge in [-0.15, -0.1) is 0 Å². The van der Waals surface area contributed by atoms with Crippen LogP contribution in [0.5, 0.6) is 0 Å². The summed E-state index contributed by atoms with van der Waals surface area (Å²) in [4.78, 5) is 26.7. The molecule has 0 amide bonds. The van der Waals surface area contributed by atoms with Gasteiger partial charge in [-0.25, -0.2) is 23.0 Å². The third kappa shape index (κ3) is 7.82. The Balaban J connectivity index is 0.000000540. The van der Waals surface area contributed by atoms with Crippen molar-refractivity contribution in [1.82, 2.24) is 4.98 Å². The van der Waals surface area contributed by atoms with Crippen LogP contribution in [0.2, 0.25) is 0 Å². The van der Waals surface area contributed by atoms with Gasteiger partial charge in [0, 0.05) is 13.1 Å². The van der Waals surface area contributed by atoms with E-state index in [1.807, 2.05) is 18.7 Å². The Bertz CT molecular complexity index is 1150. The van der Waals surface area contributed by atoms with Crippen molar-refractivity contribution in [2.75, 3.05) is 35.9 Å². The van der Waals surface area contributed by atoms with Gasteiger partial charge in [0.15, 0.2) is 0 Å². The molecule has 1 fully saturated rings. The molecule has 1 aromatic carbocycles. The van der Waals surface area contributed by atoms with E-state index < -0.39 is 28.1 Å². The Hall–Kier alpha value is -3.39. The Morgan fingerprint density at radius 2 is 1.66 bits per heavy atom. The van der Waals surface area contributed by atoms with E-state index in [0.29, 0.717) is 38.0 Å². The number of halogens is 3.